The van der Waals surface area contributed by atoms with E-state index in [0.717, 1.165) is 5.56 Å². The van der Waals surface area contributed by atoms with Gasteiger partial charge in [0, 0.05) is 25.5 Å². The summed E-state index contributed by atoms with van der Waals surface area (Å²) in [5.41, 5.74) is 0.833. The molecule has 0 saturated heterocycles. The number of benzene rings is 1. The Hall–Kier alpha value is -1.99. The monoisotopic (exact) mass is 297 g/mol. The molecule has 1 aromatic carbocycles. The fourth-order valence-electron chi connectivity index (χ4n) is 1.73. The van der Waals surface area contributed by atoms with Crippen molar-refractivity contribution < 1.29 is 23.7 Å². The Labute approximate surface area is 123 Å². The van der Waals surface area contributed by atoms with Gasteiger partial charge < -0.3 is 18.9 Å². The Morgan fingerprint density at radius 3 is 2.14 bits per heavy atom. The van der Waals surface area contributed by atoms with Crippen molar-refractivity contribution in [1.29, 1.82) is 0 Å². The lowest BCUT2D eigenvalue weighted by molar-refractivity contribution is 0.0450. The summed E-state index contributed by atoms with van der Waals surface area (Å²) in [6, 6.07) is 3.08. The number of amides is 1. The van der Waals surface area contributed by atoms with Crippen molar-refractivity contribution in [2.75, 3.05) is 27.8 Å². The predicted molar refractivity (Wildman–Crippen MR) is 75.7 cm³/mol. The van der Waals surface area contributed by atoms with Crippen LogP contribution in [0.4, 0.5) is 0 Å². The highest BCUT2D eigenvalue weighted by atomic mass is 16.7. The predicted octanol–water partition coefficient (Wildman–Crippen LogP) is 2.68. The zero-order valence-electron chi connectivity index (χ0n) is 12.5. The largest absolute Gasteiger partial charge is 0.467 e. The van der Waals surface area contributed by atoms with Crippen LogP contribution in [-0.4, -0.2) is 33.7 Å². The Morgan fingerprint density at radius 1 is 1.10 bits per heavy atom. The van der Waals surface area contributed by atoms with Crippen LogP contribution in [0, 0.1) is 4.91 Å². The summed E-state index contributed by atoms with van der Waals surface area (Å²) in [6.07, 6.45) is 0. The summed E-state index contributed by atoms with van der Waals surface area (Å²) in [5, 5.41) is 2.44. The van der Waals surface area contributed by atoms with Crippen LogP contribution < -0.4 is 9.47 Å². The lowest BCUT2D eigenvalue weighted by atomic mass is 9.98. The van der Waals surface area contributed by atoms with Crippen molar-refractivity contribution in [1.82, 2.24) is 0 Å². The second-order valence-corrected chi connectivity index (χ2v) is 4.54. The molecule has 0 spiro atoms. The molecule has 0 saturated carbocycles. The number of carbonyl (C=O) groups is 1. The van der Waals surface area contributed by atoms with E-state index in [4.69, 9.17) is 18.9 Å². The van der Waals surface area contributed by atoms with Gasteiger partial charge in [-0.05, 0) is 17.5 Å². The minimum atomic E-state index is -0.902. The van der Waals surface area contributed by atoms with Gasteiger partial charge in [-0.25, -0.2) is 0 Å². The highest BCUT2D eigenvalue weighted by Gasteiger charge is 2.20. The van der Waals surface area contributed by atoms with Crippen molar-refractivity contribution in [3.05, 3.63) is 28.2 Å². The van der Waals surface area contributed by atoms with Gasteiger partial charge in [0.15, 0.2) is 13.6 Å². The molecule has 0 heterocycles. The van der Waals surface area contributed by atoms with Gasteiger partial charge in [0.2, 0.25) is 0 Å². The average Bonchev–Trinajstić information content (AvgIpc) is 2.49. The lowest BCUT2D eigenvalue weighted by Crippen LogP contribution is -2.09. The van der Waals surface area contributed by atoms with E-state index in [1.54, 1.807) is 6.07 Å². The molecule has 0 aliphatic heterocycles. The van der Waals surface area contributed by atoms with E-state index in [1.165, 1.54) is 20.3 Å². The average molecular weight is 297 g/mol. The Kier molecular flexibility index (Phi) is 6.77. The Bertz CT molecular complexity index is 500. The van der Waals surface area contributed by atoms with Gasteiger partial charge in [-0.3, -0.25) is 4.79 Å². The zero-order chi connectivity index (χ0) is 15.8. The van der Waals surface area contributed by atoms with Crippen LogP contribution >= 0.6 is 0 Å². The molecule has 21 heavy (non-hydrogen) atoms. The Morgan fingerprint density at radius 2 is 1.67 bits per heavy atom. The van der Waals surface area contributed by atoms with E-state index >= 15 is 0 Å². The SMILES string of the molecule is COCOc1cc(OCOC)c(C(C)C)cc1C(=O)N=O. The second kappa shape index (κ2) is 8.33. The number of carbonyl (C=O) groups excluding carboxylic acids is 1. The molecular weight excluding hydrogens is 278 g/mol. The summed E-state index contributed by atoms with van der Waals surface area (Å²) in [5.74, 6) is -0.134. The smallest absolute Gasteiger partial charge is 0.320 e. The summed E-state index contributed by atoms with van der Waals surface area (Å²) in [7, 11) is 2.95. The van der Waals surface area contributed by atoms with Crippen LogP contribution in [0.2, 0.25) is 0 Å². The third-order valence-electron chi connectivity index (χ3n) is 2.71. The van der Waals surface area contributed by atoms with Crippen molar-refractivity contribution in [2.24, 2.45) is 5.18 Å². The number of hydrogen-bond acceptors (Lipinski definition) is 6. The third-order valence-corrected chi connectivity index (χ3v) is 2.71. The van der Waals surface area contributed by atoms with Gasteiger partial charge in [0.05, 0.1) is 5.56 Å². The van der Waals surface area contributed by atoms with E-state index < -0.39 is 5.91 Å². The number of hydrogen-bond donors (Lipinski definition) is 0. The number of rotatable bonds is 8. The van der Waals surface area contributed by atoms with E-state index in [2.05, 4.69) is 5.18 Å². The van der Waals surface area contributed by atoms with Gasteiger partial charge in [0.25, 0.3) is 0 Å². The van der Waals surface area contributed by atoms with Crippen molar-refractivity contribution in [3.63, 3.8) is 0 Å². The molecule has 7 nitrogen and oxygen atoms in total. The first-order valence-electron chi connectivity index (χ1n) is 6.34. The summed E-state index contributed by atoms with van der Waals surface area (Å²) < 4.78 is 20.5. The molecule has 0 unspecified atom stereocenters. The van der Waals surface area contributed by atoms with Crippen LogP contribution in [0.1, 0.15) is 35.7 Å². The molecular formula is C14H19NO6. The van der Waals surface area contributed by atoms with Crippen molar-refractivity contribution in [2.45, 2.75) is 19.8 Å². The minimum absolute atomic E-state index is 0.0582. The van der Waals surface area contributed by atoms with Crippen LogP contribution in [0.25, 0.3) is 0 Å². The van der Waals surface area contributed by atoms with Crippen molar-refractivity contribution >= 4 is 5.91 Å². The van der Waals surface area contributed by atoms with Gasteiger partial charge in [-0.15, -0.1) is 4.91 Å². The van der Waals surface area contributed by atoms with Crippen LogP contribution in [0.15, 0.2) is 17.3 Å². The third kappa shape index (κ3) is 4.51. The van der Waals surface area contributed by atoms with E-state index in [9.17, 15) is 9.70 Å². The zero-order valence-corrected chi connectivity index (χ0v) is 12.5. The molecule has 0 aromatic heterocycles. The maximum Gasteiger partial charge on any atom is 0.320 e. The fraction of sp³-hybridized carbons (Fsp3) is 0.500. The molecule has 116 valence electrons. The fourth-order valence-corrected chi connectivity index (χ4v) is 1.73. The molecule has 0 atom stereocenters. The first-order valence-corrected chi connectivity index (χ1v) is 6.34. The molecule has 0 fully saturated rings. The molecule has 0 N–H and O–H groups in total. The van der Waals surface area contributed by atoms with E-state index in [1.807, 2.05) is 13.8 Å². The maximum absolute atomic E-state index is 11.6. The quantitative estimate of drug-likeness (QED) is 0.542. The number of nitrogens with zero attached hydrogens (tertiary/aromatic N) is 1. The van der Waals surface area contributed by atoms with Gasteiger partial charge in [-0.2, -0.15) is 0 Å². The maximum atomic E-state index is 11.6. The molecule has 1 rings (SSSR count). The van der Waals surface area contributed by atoms with Crippen LogP contribution in [0.3, 0.4) is 0 Å². The standard InChI is InChI=1S/C14H19NO6/c1-9(2)10-5-11(14(16)15-17)13(21-8-19-4)6-12(10)20-7-18-3/h5-6,9H,7-8H2,1-4H3. The van der Waals surface area contributed by atoms with Gasteiger partial charge in [-0.1, -0.05) is 13.8 Å². The number of ether oxygens (including phenoxy) is 4. The van der Waals surface area contributed by atoms with Crippen molar-refractivity contribution in [3.8, 4) is 11.5 Å². The second-order valence-electron chi connectivity index (χ2n) is 4.54. The highest BCUT2D eigenvalue weighted by molar-refractivity contribution is 5.98. The molecule has 0 aliphatic carbocycles. The topological polar surface area (TPSA) is 83.4 Å². The highest BCUT2D eigenvalue weighted by Crippen LogP contribution is 2.34. The van der Waals surface area contributed by atoms with E-state index in [-0.39, 0.29) is 30.8 Å². The molecule has 0 bridgehead atoms. The first-order chi connectivity index (χ1) is 10.0. The molecule has 0 radical (unpaired) electrons. The van der Waals surface area contributed by atoms with E-state index in [0.29, 0.717) is 5.75 Å². The molecule has 7 heteroatoms. The lowest BCUT2D eigenvalue weighted by Gasteiger charge is -2.17. The Balaban J connectivity index is 3.30. The molecule has 0 aliphatic rings. The number of methoxy groups -OCH3 is 2. The van der Waals surface area contributed by atoms with Crippen LogP contribution in [-0.2, 0) is 9.47 Å². The molecule has 1 amide bonds. The summed E-state index contributed by atoms with van der Waals surface area (Å²) in [4.78, 5) is 22.2. The van der Waals surface area contributed by atoms with Gasteiger partial charge in [0.1, 0.15) is 11.5 Å². The summed E-state index contributed by atoms with van der Waals surface area (Å²) in [6.45, 7) is 3.87. The normalized spacial score (nSPS) is 10.5. The van der Waals surface area contributed by atoms with Crippen LogP contribution in [0.5, 0.6) is 11.5 Å². The number of nitroso groups, excluding NO2 is 1. The molecule has 1 aromatic rings. The first kappa shape index (κ1) is 17.1. The summed E-state index contributed by atoms with van der Waals surface area (Å²) >= 11 is 0. The minimum Gasteiger partial charge on any atom is -0.467 e. The van der Waals surface area contributed by atoms with Gasteiger partial charge >= 0.3 is 5.91 Å².